The SMILES string of the molecule is Cc1c(-c2ccc(OC(=O)c3ccc(N)cc3)cc2)oc2ccc(OC(=O)c3ccc(N)cc3)cc2c1=O. The molecule has 0 saturated heterocycles. The van der Waals surface area contributed by atoms with Gasteiger partial charge in [-0.25, -0.2) is 9.59 Å². The average Bonchev–Trinajstić information content (AvgIpc) is 2.92. The smallest absolute Gasteiger partial charge is 0.343 e. The predicted octanol–water partition coefficient (Wildman–Crippen LogP) is 5.37. The minimum Gasteiger partial charge on any atom is -0.456 e. The summed E-state index contributed by atoms with van der Waals surface area (Å²) in [4.78, 5) is 38.0. The van der Waals surface area contributed by atoms with Gasteiger partial charge in [0.25, 0.3) is 0 Å². The van der Waals surface area contributed by atoms with E-state index in [-0.39, 0.29) is 16.6 Å². The van der Waals surface area contributed by atoms with Crippen molar-refractivity contribution in [2.75, 3.05) is 11.5 Å². The van der Waals surface area contributed by atoms with Crippen molar-refractivity contribution in [3.05, 3.63) is 118 Å². The molecule has 5 aromatic rings. The Morgan fingerprint density at radius 2 is 1.18 bits per heavy atom. The van der Waals surface area contributed by atoms with Crippen LogP contribution in [0.5, 0.6) is 11.5 Å². The monoisotopic (exact) mass is 506 g/mol. The minimum atomic E-state index is -0.570. The van der Waals surface area contributed by atoms with Crippen molar-refractivity contribution in [3.63, 3.8) is 0 Å². The Labute approximate surface area is 217 Å². The summed E-state index contributed by atoms with van der Waals surface area (Å²) < 4.78 is 16.9. The van der Waals surface area contributed by atoms with Gasteiger partial charge in [-0.05, 0) is 97.9 Å². The number of carbonyl (C=O) groups excluding carboxylic acids is 2. The Kier molecular flexibility index (Phi) is 6.37. The Morgan fingerprint density at radius 3 is 1.74 bits per heavy atom. The van der Waals surface area contributed by atoms with Crippen molar-refractivity contribution < 1.29 is 23.5 Å². The highest BCUT2D eigenvalue weighted by Gasteiger charge is 2.16. The standard InChI is InChI=1S/C30H22N2O6/c1-17-27(33)25-16-24(37-30(35)20-4-10-22(32)11-5-20)14-15-26(25)38-28(17)18-6-12-23(13-7-18)36-29(34)19-2-8-21(31)9-3-19/h2-16H,31-32H2,1H3. The van der Waals surface area contributed by atoms with Gasteiger partial charge in [-0.15, -0.1) is 0 Å². The van der Waals surface area contributed by atoms with Crippen molar-refractivity contribution in [2.24, 2.45) is 0 Å². The molecule has 0 unspecified atom stereocenters. The van der Waals surface area contributed by atoms with Crippen LogP contribution in [0.1, 0.15) is 26.3 Å². The average molecular weight is 507 g/mol. The number of hydrogen-bond acceptors (Lipinski definition) is 8. The maximum Gasteiger partial charge on any atom is 0.343 e. The normalized spacial score (nSPS) is 10.8. The number of hydrogen-bond donors (Lipinski definition) is 2. The number of nitrogens with two attached hydrogens (primary N) is 2. The molecule has 4 N–H and O–H groups in total. The van der Waals surface area contributed by atoms with Crippen molar-refractivity contribution in [2.45, 2.75) is 6.92 Å². The van der Waals surface area contributed by atoms with Crippen LogP contribution in [-0.2, 0) is 0 Å². The number of rotatable bonds is 5. The second-order valence-electron chi connectivity index (χ2n) is 8.59. The molecule has 5 rings (SSSR count). The van der Waals surface area contributed by atoms with Gasteiger partial charge in [-0.2, -0.15) is 0 Å². The van der Waals surface area contributed by atoms with E-state index in [1.807, 2.05) is 0 Å². The van der Waals surface area contributed by atoms with Gasteiger partial charge in [0, 0.05) is 22.5 Å². The summed E-state index contributed by atoms with van der Waals surface area (Å²) >= 11 is 0. The molecule has 0 amide bonds. The van der Waals surface area contributed by atoms with Crippen LogP contribution >= 0.6 is 0 Å². The van der Waals surface area contributed by atoms with Crippen molar-refractivity contribution in [3.8, 4) is 22.8 Å². The molecule has 1 heterocycles. The zero-order valence-electron chi connectivity index (χ0n) is 20.3. The van der Waals surface area contributed by atoms with E-state index in [9.17, 15) is 14.4 Å². The highest BCUT2D eigenvalue weighted by Crippen LogP contribution is 2.29. The molecule has 8 nitrogen and oxygen atoms in total. The molecule has 0 atom stereocenters. The van der Waals surface area contributed by atoms with Gasteiger partial charge in [0.05, 0.1) is 16.5 Å². The van der Waals surface area contributed by atoms with Crippen LogP contribution in [0.2, 0.25) is 0 Å². The Bertz CT molecular complexity index is 1720. The van der Waals surface area contributed by atoms with Crippen molar-refractivity contribution in [1.82, 2.24) is 0 Å². The molecule has 8 heteroatoms. The first-order valence-corrected chi connectivity index (χ1v) is 11.6. The van der Waals surface area contributed by atoms with E-state index in [2.05, 4.69) is 0 Å². The van der Waals surface area contributed by atoms with E-state index in [0.717, 1.165) is 0 Å². The quantitative estimate of drug-likeness (QED) is 0.184. The first-order chi connectivity index (χ1) is 18.3. The summed E-state index contributed by atoms with van der Waals surface area (Å²) in [5.41, 5.74) is 14.2. The molecule has 0 saturated carbocycles. The lowest BCUT2D eigenvalue weighted by atomic mass is 10.1. The molecular weight excluding hydrogens is 484 g/mol. The molecule has 188 valence electrons. The molecule has 0 bridgehead atoms. The number of fused-ring (bicyclic) bond motifs is 1. The van der Waals surface area contributed by atoms with E-state index in [1.165, 1.54) is 6.07 Å². The van der Waals surface area contributed by atoms with Gasteiger partial charge in [-0.1, -0.05) is 0 Å². The van der Waals surface area contributed by atoms with Crippen molar-refractivity contribution >= 4 is 34.3 Å². The third-order valence-corrected chi connectivity index (χ3v) is 5.92. The molecule has 0 radical (unpaired) electrons. The third kappa shape index (κ3) is 4.96. The summed E-state index contributed by atoms with van der Waals surface area (Å²) in [6.07, 6.45) is 0. The van der Waals surface area contributed by atoms with E-state index >= 15 is 0 Å². The summed E-state index contributed by atoms with van der Waals surface area (Å²) in [7, 11) is 0. The molecule has 1 aromatic heterocycles. The van der Waals surface area contributed by atoms with Gasteiger partial charge in [-0.3, -0.25) is 4.79 Å². The lowest BCUT2D eigenvalue weighted by molar-refractivity contribution is 0.0725. The summed E-state index contributed by atoms with van der Waals surface area (Å²) in [6, 6.07) is 24.0. The molecule has 0 aliphatic carbocycles. The third-order valence-electron chi connectivity index (χ3n) is 5.92. The van der Waals surface area contributed by atoms with Crippen LogP contribution in [0.3, 0.4) is 0 Å². The van der Waals surface area contributed by atoms with Gasteiger partial charge >= 0.3 is 11.9 Å². The maximum atomic E-state index is 13.2. The predicted molar refractivity (Wildman–Crippen MR) is 144 cm³/mol. The number of ether oxygens (including phenoxy) is 2. The van der Waals surface area contributed by atoms with Crippen LogP contribution in [0.4, 0.5) is 11.4 Å². The second kappa shape index (κ2) is 9.94. The van der Waals surface area contributed by atoms with E-state index in [0.29, 0.717) is 50.7 Å². The van der Waals surface area contributed by atoms with E-state index < -0.39 is 11.9 Å². The maximum absolute atomic E-state index is 13.2. The van der Waals surface area contributed by atoms with Gasteiger partial charge in [0.1, 0.15) is 22.8 Å². The Morgan fingerprint density at radius 1 is 0.684 bits per heavy atom. The summed E-state index contributed by atoms with van der Waals surface area (Å²) in [5.74, 6) is -0.154. The summed E-state index contributed by atoms with van der Waals surface area (Å²) in [5, 5.41) is 0.280. The van der Waals surface area contributed by atoms with Gasteiger partial charge < -0.3 is 25.4 Å². The van der Waals surface area contributed by atoms with E-state index in [1.54, 1.807) is 91.9 Å². The highest BCUT2D eigenvalue weighted by atomic mass is 16.5. The first-order valence-electron chi connectivity index (χ1n) is 11.6. The van der Waals surface area contributed by atoms with Crippen LogP contribution in [0.15, 0.2) is 100 Å². The fraction of sp³-hybridized carbons (Fsp3) is 0.0333. The van der Waals surface area contributed by atoms with Gasteiger partial charge in [0.15, 0.2) is 5.43 Å². The topological polar surface area (TPSA) is 135 Å². The number of benzene rings is 4. The molecular formula is C30H22N2O6. The van der Waals surface area contributed by atoms with Crippen LogP contribution in [0.25, 0.3) is 22.3 Å². The largest absolute Gasteiger partial charge is 0.456 e. The molecule has 0 fully saturated rings. The zero-order valence-corrected chi connectivity index (χ0v) is 20.3. The van der Waals surface area contributed by atoms with Crippen LogP contribution < -0.4 is 26.4 Å². The molecule has 38 heavy (non-hydrogen) atoms. The lowest BCUT2D eigenvalue weighted by Gasteiger charge is -2.10. The first kappa shape index (κ1) is 24.3. The number of nitrogen functional groups attached to an aromatic ring is 2. The zero-order chi connectivity index (χ0) is 26.8. The molecule has 0 aliphatic rings. The molecule has 0 spiro atoms. The lowest BCUT2D eigenvalue weighted by Crippen LogP contribution is -2.10. The summed E-state index contributed by atoms with van der Waals surface area (Å²) in [6.45, 7) is 1.66. The van der Waals surface area contributed by atoms with Crippen LogP contribution in [-0.4, -0.2) is 11.9 Å². The molecule has 4 aromatic carbocycles. The van der Waals surface area contributed by atoms with Crippen molar-refractivity contribution in [1.29, 1.82) is 0 Å². The Balaban J connectivity index is 1.37. The fourth-order valence-electron chi connectivity index (χ4n) is 3.85. The Hall–Kier alpha value is -5.37. The molecule has 0 aliphatic heterocycles. The van der Waals surface area contributed by atoms with E-state index in [4.69, 9.17) is 25.4 Å². The minimum absolute atomic E-state index is 0.214. The second-order valence-corrected chi connectivity index (χ2v) is 8.59. The van der Waals surface area contributed by atoms with Crippen LogP contribution in [0, 0.1) is 6.92 Å². The fourth-order valence-corrected chi connectivity index (χ4v) is 3.85. The number of esters is 2. The highest BCUT2D eigenvalue weighted by molar-refractivity contribution is 5.92. The number of anilines is 2. The number of carbonyl (C=O) groups is 2. The van der Waals surface area contributed by atoms with Gasteiger partial charge in [0.2, 0.25) is 0 Å².